The molecule has 1 atom stereocenters. The number of rotatable bonds is 9. The van der Waals surface area contributed by atoms with Gasteiger partial charge in [-0.1, -0.05) is 63.2 Å². The van der Waals surface area contributed by atoms with E-state index < -0.39 is 10.0 Å². The molecule has 3 aromatic carbocycles. The Bertz CT molecular complexity index is 1450. The zero-order valence-electron chi connectivity index (χ0n) is 22.0. The van der Waals surface area contributed by atoms with Gasteiger partial charge in [-0.15, -0.1) is 11.8 Å². The number of benzene rings is 3. The predicted molar refractivity (Wildman–Crippen MR) is 152 cm³/mol. The van der Waals surface area contributed by atoms with Gasteiger partial charge in [-0.3, -0.25) is 4.72 Å². The van der Waals surface area contributed by atoms with Crippen molar-refractivity contribution in [3.05, 3.63) is 102 Å². The first-order valence-corrected chi connectivity index (χ1v) is 14.4. The van der Waals surface area contributed by atoms with Crippen molar-refractivity contribution in [1.29, 1.82) is 0 Å². The van der Waals surface area contributed by atoms with Crippen molar-refractivity contribution in [1.82, 2.24) is 9.97 Å². The van der Waals surface area contributed by atoms with Gasteiger partial charge in [-0.25, -0.2) is 8.42 Å². The summed E-state index contributed by atoms with van der Waals surface area (Å²) in [6.45, 7) is 6.27. The summed E-state index contributed by atoms with van der Waals surface area (Å²) in [6, 6.07) is 25.8. The highest BCUT2D eigenvalue weighted by Gasteiger charge is 2.22. The molecule has 1 unspecified atom stereocenters. The third kappa shape index (κ3) is 6.65. The van der Waals surface area contributed by atoms with E-state index in [1.807, 2.05) is 54.6 Å². The Morgan fingerprint density at radius 2 is 1.39 bits per heavy atom. The Kier molecular flexibility index (Phi) is 8.28. The second-order valence-corrected chi connectivity index (χ2v) is 12.5. The van der Waals surface area contributed by atoms with E-state index in [-0.39, 0.29) is 15.6 Å². The summed E-state index contributed by atoms with van der Waals surface area (Å²) in [7, 11) is -0.616. The van der Waals surface area contributed by atoms with Crippen LogP contribution in [0.25, 0.3) is 0 Å². The molecule has 0 saturated heterocycles. The number of thioether (sulfide) groups is 1. The fourth-order valence-corrected chi connectivity index (χ4v) is 5.86. The summed E-state index contributed by atoms with van der Waals surface area (Å²) in [5.74, 6) is 1.36. The lowest BCUT2D eigenvalue weighted by molar-refractivity contribution is 0.368. The maximum Gasteiger partial charge on any atom is 0.261 e. The van der Waals surface area contributed by atoms with Gasteiger partial charge >= 0.3 is 0 Å². The van der Waals surface area contributed by atoms with Crippen molar-refractivity contribution in [3.8, 4) is 11.8 Å². The minimum absolute atomic E-state index is 0.0537. The van der Waals surface area contributed by atoms with Gasteiger partial charge in [0.05, 0.1) is 30.4 Å². The molecule has 4 rings (SSSR count). The fourth-order valence-electron chi connectivity index (χ4n) is 3.73. The molecule has 38 heavy (non-hydrogen) atoms. The molecule has 1 aromatic heterocycles. The molecular weight excluding hydrogens is 518 g/mol. The van der Waals surface area contributed by atoms with E-state index in [9.17, 15) is 8.42 Å². The van der Waals surface area contributed by atoms with Crippen LogP contribution in [0, 0.1) is 0 Å². The Balaban J connectivity index is 1.56. The molecule has 0 amide bonds. The van der Waals surface area contributed by atoms with Crippen LogP contribution < -0.4 is 14.2 Å². The molecule has 0 aliphatic rings. The number of sulfonamides is 1. The number of nitrogens with zero attached hydrogens (tertiary/aromatic N) is 2. The Hall–Kier alpha value is -3.56. The second kappa shape index (κ2) is 11.4. The SMILES string of the molecule is COc1cc(OC)nc(C(Sc2ccc(NS(=O)(=O)c3ccc(C(C)(C)C)cc3)cc2)c2ccccc2)n1. The van der Waals surface area contributed by atoms with Gasteiger partial charge in [-0.2, -0.15) is 9.97 Å². The third-order valence-corrected chi connectivity index (χ3v) is 8.50. The van der Waals surface area contributed by atoms with Crippen molar-refractivity contribution in [2.45, 2.75) is 41.2 Å². The number of methoxy groups -OCH3 is 2. The molecule has 0 saturated carbocycles. The highest BCUT2D eigenvalue weighted by atomic mass is 32.2. The van der Waals surface area contributed by atoms with Gasteiger partial charge in [0.2, 0.25) is 11.8 Å². The van der Waals surface area contributed by atoms with E-state index in [2.05, 4.69) is 35.5 Å². The molecule has 1 N–H and O–H groups in total. The quantitative estimate of drug-likeness (QED) is 0.239. The van der Waals surface area contributed by atoms with E-state index in [0.717, 1.165) is 16.0 Å². The summed E-state index contributed by atoms with van der Waals surface area (Å²) >= 11 is 1.55. The van der Waals surface area contributed by atoms with Crippen molar-refractivity contribution in [2.75, 3.05) is 18.9 Å². The van der Waals surface area contributed by atoms with Crippen LogP contribution in [0.4, 0.5) is 5.69 Å². The van der Waals surface area contributed by atoms with E-state index in [1.54, 1.807) is 56.3 Å². The van der Waals surface area contributed by atoms with Crippen molar-refractivity contribution >= 4 is 27.5 Å². The van der Waals surface area contributed by atoms with Crippen LogP contribution >= 0.6 is 11.8 Å². The van der Waals surface area contributed by atoms with Crippen LogP contribution in [-0.2, 0) is 15.4 Å². The van der Waals surface area contributed by atoms with Gasteiger partial charge < -0.3 is 9.47 Å². The van der Waals surface area contributed by atoms with Crippen LogP contribution in [0.5, 0.6) is 11.8 Å². The summed E-state index contributed by atoms with van der Waals surface area (Å²) in [5.41, 5.74) is 2.51. The third-order valence-electron chi connectivity index (χ3n) is 5.84. The van der Waals surface area contributed by atoms with Crippen LogP contribution in [0.15, 0.2) is 94.7 Å². The molecule has 1 heterocycles. The second-order valence-electron chi connectivity index (χ2n) is 9.62. The molecule has 0 aliphatic heterocycles. The maximum absolute atomic E-state index is 13.0. The van der Waals surface area contributed by atoms with Crippen LogP contribution in [0.2, 0.25) is 0 Å². The molecular formula is C29H31N3O4S2. The van der Waals surface area contributed by atoms with Crippen molar-refractivity contribution in [3.63, 3.8) is 0 Å². The molecule has 9 heteroatoms. The number of anilines is 1. The van der Waals surface area contributed by atoms with Crippen LogP contribution in [0.1, 0.15) is 43.0 Å². The largest absolute Gasteiger partial charge is 0.481 e. The Labute approximate surface area is 228 Å². The molecule has 0 fully saturated rings. The number of hydrogen-bond acceptors (Lipinski definition) is 7. The monoisotopic (exact) mass is 549 g/mol. The van der Waals surface area contributed by atoms with Crippen molar-refractivity contribution < 1.29 is 17.9 Å². The zero-order chi connectivity index (χ0) is 27.3. The van der Waals surface area contributed by atoms with E-state index in [1.165, 1.54) is 0 Å². The first-order valence-electron chi connectivity index (χ1n) is 12.0. The van der Waals surface area contributed by atoms with Crippen LogP contribution in [0.3, 0.4) is 0 Å². The molecule has 7 nitrogen and oxygen atoms in total. The number of ether oxygens (including phenoxy) is 2. The lowest BCUT2D eigenvalue weighted by atomic mass is 9.87. The van der Waals surface area contributed by atoms with Gasteiger partial charge in [0.1, 0.15) is 0 Å². The molecule has 0 aliphatic carbocycles. The summed E-state index contributed by atoms with van der Waals surface area (Å²) < 4.78 is 39.3. The molecule has 0 bridgehead atoms. The normalized spacial score (nSPS) is 12.6. The first kappa shape index (κ1) is 27.5. The zero-order valence-corrected chi connectivity index (χ0v) is 23.6. The lowest BCUT2D eigenvalue weighted by Gasteiger charge is -2.19. The average molecular weight is 550 g/mol. The summed E-state index contributed by atoms with van der Waals surface area (Å²) in [4.78, 5) is 10.3. The van der Waals surface area contributed by atoms with Gasteiger partial charge in [0.25, 0.3) is 10.0 Å². The minimum atomic E-state index is -3.72. The fraction of sp³-hybridized carbons (Fsp3) is 0.241. The number of aromatic nitrogens is 2. The van der Waals surface area contributed by atoms with Crippen LogP contribution in [-0.4, -0.2) is 32.6 Å². The van der Waals surface area contributed by atoms with E-state index in [0.29, 0.717) is 23.3 Å². The van der Waals surface area contributed by atoms with Gasteiger partial charge in [0, 0.05) is 10.6 Å². The lowest BCUT2D eigenvalue weighted by Crippen LogP contribution is -2.14. The standard InChI is InChI=1S/C29H31N3O4S2/c1-29(2,3)21-11-17-24(18-12-21)38(33,34)32-22-13-15-23(16-14-22)37-27(20-9-7-6-8-10-20)28-30-25(35-4)19-26(31-28)36-5/h6-19,27,32H,1-5H3. The first-order chi connectivity index (χ1) is 18.1. The summed E-state index contributed by atoms with van der Waals surface area (Å²) in [6.07, 6.45) is 0. The molecule has 4 aromatic rings. The molecule has 0 spiro atoms. The highest BCUT2D eigenvalue weighted by molar-refractivity contribution is 7.99. The summed E-state index contributed by atoms with van der Waals surface area (Å²) in [5, 5.41) is -0.246. The Morgan fingerprint density at radius 3 is 1.92 bits per heavy atom. The maximum atomic E-state index is 13.0. The number of nitrogens with one attached hydrogen (secondary N) is 1. The molecule has 0 radical (unpaired) electrons. The highest BCUT2D eigenvalue weighted by Crippen LogP contribution is 2.40. The average Bonchev–Trinajstić information content (AvgIpc) is 2.92. The smallest absolute Gasteiger partial charge is 0.261 e. The minimum Gasteiger partial charge on any atom is -0.481 e. The van der Waals surface area contributed by atoms with Gasteiger partial charge in [0.15, 0.2) is 5.82 Å². The number of hydrogen-bond donors (Lipinski definition) is 1. The Morgan fingerprint density at radius 1 is 0.816 bits per heavy atom. The van der Waals surface area contributed by atoms with E-state index >= 15 is 0 Å². The molecule has 198 valence electrons. The van der Waals surface area contributed by atoms with Gasteiger partial charge in [-0.05, 0) is 52.9 Å². The topological polar surface area (TPSA) is 90.4 Å². The van der Waals surface area contributed by atoms with Crippen molar-refractivity contribution in [2.24, 2.45) is 0 Å². The van der Waals surface area contributed by atoms with E-state index in [4.69, 9.17) is 9.47 Å². The predicted octanol–water partition coefficient (Wildman–Crippen LogP) is 6.47.